The fourth-order valence-corrected chi connectivity index (χ4v) is 4.22. The molecular weight excluding hydrogens is 384 g/mol. The van der Waals surface area contributed by atoms with Gasteiger partial charge in [0.15, 0.2) is 5.58 Å². The third-order valence-electron chi connectivity index (χ3n) is 5.73. The van der Waals surface area contributed by atoms with Crippen LogP contribution in [0.15, 0.2) is 40.8 Å². The number of hydrogen-bond acceptors (Lipinski definition) is 4. The van der Waals surface area contributed by atoms with Gasteiger partial charge in [0.2, 0.25) is 0 Å². The molecule has 2 aromatic heterocycles. The van der Waals surface area contributed by atoms with Crippen LogP contribution in [-0.4, -0.2) is 41.6 Å². The first-order valence-electron chi connectivity index (χ1n) is 10.5. The number of carbonyl (C=O) groups is 1. The lowest BCUT2D eigenvalue weighted by atomic mass is 10.1. The highest BCUT2D eigenvalue weighted by Crippen LogP contribution is 2.25. The third-order valence-corrected chi connectivity index (χ3v) is 5.73. The summed E-state index contributed by atoms with van der Waals surface area (Å²) in [5, 5.41) is 14.1. The number of aromatic nitrogens is 1. The quantitative estimate of drug-likeness (QED) is 0.461. The summed E-state index contributed by atoms with van der Waals surface area (Å²) in [4.78, 5) is 25.2. The molecule has 0 spiro atoms. The van der Waals surface area contributed by atoms with Crippen LogP contribution in [-0.2, 0) is 6.54 Å². The van der Waals surface area contributed by atoms with Crippen LogP contribution < -0.4 is 10.2 Å². The second-order valence-electron chi connectivity index (χ2n) is 7.97. The molecule has 8 heteroatoms. The van der Waals surface area contributed by atoms with Gasteiger partial charge in [0, 0.05) is 30.8 Å². The van der Waals surface area contributed by atoms with Crippen molar-refractivity contribution in [2.24, 2.45) is 0 Å². The van der Waals surface area contributed by atoms with Crippen molar-refractivity contribution in [2.45, 2.75) is 32.7 Å². The minimum absolute atomic E-state index is 0.0368. The molecule has 1 aliphatic rings. The Morgan fingerprint density at radius 2 is 2.03 bits per heavy atom. The summed E-state index contributed by atoms with van der Waals surface area (Å²) in [6, 6.07) is 10.1. The van der Waals surface area contributed by atoms with E-state index in [1.54, 1.807) is 18.2 Å². The normalized spacial score (nSPS) is 14.8. The Kier molecular flexibility index (Phi) is 5.85. The number of non-ortho nitro benzene ring substituents is 1. The molecule has 0 saturated carbocycles. The number of nitro benzene ring substituents is 1. The SMILES string of the molecule is Cc1cc2c(cc(C(=O)NCC[NH+]3CCCCC3)n2Cc2cccc([N+](=O)[O-])c2)o1. The van der Waals surface area contributed by atoms with E-state index >= 15 is 0 Å². The topological polar surface area (TPSA) is 94.8 Å². The summed E-state index contributed by atoms with van der Waals surface area (Å²) in [6.07, 6.45) is 3.82. The maximum absolute atomic E-state index is 12.9. The van der Waals surface area contributed by atoms with Gasteiger partial charge >= 0.3 is 0 Å². The summed E-state index contributed by atoms with van der Waals surface area (Å²) in [6.45, 7) is 6.10. The van der Waals surface area contributed by atoms with Gasteiger partial charge in [0.1, 0.15) is 11.5 Å². The molecule has 2 N–H and O–H groups in total. The van der Waals surface area contributed by atoms with Crippen molar-refractivity contribution in [3.8, 4) is 0 Å². The lowest BCUT2D eigenvalue weighted by molar-refractivity contribution is -0.903. The van der Waals surface area contributed by atoms with E-state index < -0.39 is 4.92 Å². The summed E-state index contributed by atoms with van der Waals surface area (Å²) in [7, 11) is 0. The Bertz CT molecular complexity index is 1060. The van der Waals surface area contributed by atoms with Crippen molar-refractivity contribution in [3.05, 3.63) is 63.5 Å². The summed E-state index contributed by atoms with van der Waals surface area (Å²) >= 11 is 0. The number of rotatable bonds is 7. The van der Waals surface area contributed by atoms with E-state index in [9.17, 15) is 14.9 Å². The summed E-state index contributed by atoms with van der Waals surface area (Å²) in [5.41, 5.74) is 2.75. The first-order valence-corrected chi connectivity index (χ1v) is 10.5. The minimum atomic E-state index is -0.409. The largest absolute Gasteiger partial charge is 0.460 e. The van der Waals surface area contributed by atoms with Crippen LogP contribution in [0.25, 0.3) is 11.1 Å². The number of likely N-dealkylation sites (tertiary alicyclic amines) is 1. The highest BCUT2D eigenvalue weighted by Gasteiger charge is 2.20. The molecule has 30 heavy (non-hydrogen) atoms. The van der Waals surface area contributed by atoms with Crippen LogP contribution in [0.5, 0.6) is 0 Å². The number of aryl methyl sites for hydroxylation is 1. The molecule has 0 atom stereocenters. The molecule has 4 rings (SSSR count). The number of amides is 1. The van der Waals surface area contributed by atoms with Crippen molar-refractivity contribution in [2.75, 3.05) is 26.2 Å². The molecule has 0 aliphatic carbocycles. The second kappa shape index (κ2) is 8.71. The van der Waals surface area contributed by atoms with Gasteiger partial charge in [-0.3, -0.25) is 14.9 Å². The van der Waals surface area contributed by atoms with Crippen LogP contribution in [0.3, 0.4) is 0 Å². The molecule has 0 unspecified atom stereocenters. The molecular formula is C22H27N4O4+. The average molecular weight is 411 g/mol. The molecule has 158 valence electrons. The number of quaternary nitrogens is 1. The number of furan rings is 1. The van der Waals surface area contributed by atoms with Gasteiger partial charge in [-0.15, -0.1) is 0 Å². The second-order valence-corrected chi connectivity index (χ2v) is 7.97. The standard InChI is InChI=1S/C22H26N4O4/c1-16-12-19-21(30-16)14-20(22(27)23-8-11-24-9-3-2-4-10-24)25(19)15-17-6-5-7-18(13-17)26(28)29/h5-7,12-14H,2-4,8-11,15H2,1H3,(H,23,27)/p+1. The lowest BCUT2D eigenvalue weighted by Crippen LogP contribution is -3.13. The van der Waals surface area contributed by atoms with E-state index in [2.05, 4.69) is 5.32 Å². The highest BCUT2D eigenvalue weighted by molar-refractivity contribution is 5.97. The zero-order valence-electron chi connectivity index (χ0n) is 17.1. The molecule has 0 bridgehead atoms. The fourth-order valence-electron chi connectivity index (χ4n) is 4.22. The minimum Gasteiger partial charge on any atom is -0.460 e. The van der Waals surface area contributed by atoms with E-state index in [-0.39, 0.29) is 11.6 Å². The Morgan fingerprint density at radius 1 is 1.23 bits per heavy atom. The van der Waals surface area contributed by atoms with Crippen LogP contribution >= 0.6 is 0 Å². The average Bonchev–Trinajstić information content (AvgIpc) is 3.26. The zero-order valence-corrected chi connectivity index (χ0v) is 17.1. The molecule has 1 amide bonds. The van der Waals surface area contributed by atoms with Gasteiger partial charge in [-0.2, -0.15) is 0 Å². The predicted octanol–water partition coefficient (Wildman–Crippen LogP) is 2.30. The monoisotopic (exact) mass is 411 g/mol. The van der Waals surface area contributed by atoms with Crippen molar-refractivity contribution in [3.63, 3.8) is 0 Å². The number of hydrogen-bond donors (Lipinski definition) is 2. The highest BCUT2D eigenvalue weighted by atomic mass is 16.6. The van der Waals surface area contributed by atoms with Crippen LogP contribution in [0.4, 0.5) is 5.69 Å². The Balaban J connectivity index is 1.54. The third kappa shape index (κ3) is 4.38. The van der Waals surface area contributed by atoms with Gasteiger partial charge in [0.05, 0.1) is 36.6 Å². The Hall–Kier alpha value is -3.13. The van der Waals surface area contributed by atoms with Gasteiger partial charge in [0.25, 0.3) is 11.6 Å². The van der Waals surface area contributed by atoms with Crippen molar-refractivity contribution in [1.82, 2.24) is 9.88 Å². The number of fused-ring (bicyclic) bond motifs is 1. The van der Waals surface area contributed by atoms with Crippen molar-refractivity contribution in [1.29, 1.82) is 0 Å². The summed E-state index contributed by atoms with van der Waals surface area (Å²) < 4.78 is 7.59. The molecule has 3 aromatic rings. The maximum atomic E-state index is 12.9. The number of piperidine rings is 1. The fraction of sp³-hybridized carbons (Fsp3) is 0.409. The van der Waals surface area contributed by atoms with Crippen LogP contribution in [0, 0.1) is 17.0 Å². The van der Waals surface area contributed by atoms with Crippen LogP contribution in [0.2, 0.25) is 0 Å². The van der Waals surface area contributed by atoms with Crippen molar-refractivity contribution >= 4 is 22.7 Å². The van der Waals surface area contributed by atoms with Gasteiger partial charge in [-0.25, -0.2) is 0 Å². The molecule has 3 heterocycles. The molecule has 8 nitrogen and oxygen atoms in total. The van der Waals surface area contributed by atoms with E-state index in [0.717, 1.165) is 23.4 Å². The molecule has 1 aliphatic heterocycles. The van der Waals surface area contributed by atoms with Crippen molar-refractivity contribution < 1.29 is 19.0 Å². The number of nitrogens with one attached hydrogen (secondary N) is 2. The maximum Gasteiger partial charge on any atom is 0.269 e. The zero-order chi connectivity index (χ0) is 21.1. The number of carbonyl (C=O) groups excluding carboxylic acids is 1. The first kappa shape index (κ1) is 20.2. The Labute approximate surface area is 174 Å². The summed E-state index contributed by atoms with van der Waals surface area (Å²) in [5.74, 6) is 0.606. The number of benzene rings is 1. The predicted molar refractivity (Wildman–Crippen MR) is 113 cm³/mol. The molecule has 1 fully saturated rings. The van der Waals surface area contributed by atoms with Gasteiger partial charge < -0.3 is 19.2 Å². The van der Waals surface area contributed by atoms with E-state index in [1.807, 2.05) is 23.6 Å². The van der Waals surface area contributed by atoms with Gasteiger partial charge in [-0.1, -0.05) is 12.1 Å². The van der Waals surface area contributed by atoms with E-state index in [4.69, 9.17) is 4.42 Å². The Morgan fingerprint density at radius 3 is 2.80 bits per heavy atom. The first-order chi connectivity index (χ1) is 14.5. The van der Waals surface area contributed by atoms with E-state index in [1.165, 1.54) is 43.3 Å². The molecule has 0 radical (unpaired) electrons. The lowest BCUT2D eigenvalue weighted by Gasteiger charge is -2.23. The van der Waals surface area contributed by atoms with E-state index in [0.29, 0.717) is 24.4 Å². The molecule has 1 aromatic carbocycles. The van der Waals surface area contributed by atoms with Gasteiger partial charge in [-0.05, 0) is 31.7 Å². The smallest absolute Gasteiger partial charge is 0.269 e. The number of nitrogens with zero attached hydrogens (tertiary/aromatic N) is 2. The molecule has 1 saturated heterocycles. The van der Waals surface area contributed by atoms with Crippen LogP contribution in [0.1, 0.15) is 41.1 Å². The number of nitro groups is 1.